The number of rotatable bonds is 1. The number of esters is 1. The van der Waals surface area contributed by atoms with E-state index in [2.05, 4.69) is 26.5 Å². The van der Waals surface area contributed by atoms with Crippen molar-refractivity contribution in [3.8, 4) is 11.8 Å². The molecule has 1 rings (SSSR count). The van der Waals surface area contributed by atoms with E-state index < -0.39 is 0 Å². The van der Waals surface area contributed by atoms with Crippen LogP contribution in [0.4, 0.5) is 0 Å². The Morgan fingerprint density at radius 3 is 2.71 bits per heavy atom. The van der Waals surface area contributed by atoms with Gasteiger partial charge in [-0.25, -0.2) is 9.97 Å². The first-order valence-electron chi connectivity index (χ1n) is 4.06. The zero-order valence-electron chi connectivity index (χ0n) is 8.07. The molecular weight excluding hydrogens is 180 g/mol. The Hall–Kier alpha value is -1.89. The molecule has 4 nitrogen and oxygen atoms in total. The van der Waals surface area contributed by atoms with Gasteiger partial charge in [0.1, 0.15) is 12.2 Å². The summed E-state index contributed by atoms with van der Waals surface area (Å²) < 4.78 is 4.43. The van der Waals surface area contributed by atoms with E-state index in [9.17, 15) is 4.79 Å². The first-order chi connectivity index (χ1) is 6.72. The molecule has 1 aromatic rings. The van der Waals surface area contributed by atoms with Gasteiger partial charge in [-0.3, -0.25) is 4.79 Å². The highest BCUT2D eigenvalue weighted by molar-refractivity contribution is 5.72. The lowest BCUT2D eigenvalue weighted by Crippen LogP contribution is -1.97. The predicted octanol–water partition coefficient (Wildman–Crippen LogP) is 0.700. The maximum atomic E-state index is 10.7. The van der Waals surface area contributed by atoms with Gasteiger partial charge in [-0.15, -0.1) is 0 Å². The monoisotopic (exact) mass is 190 g/mol. The summed E-state index contributed by atoms with van der Waals surface area (Å²) in [4.78, 5) is 18.6. The standard InChI is InChI=1S/C10H10N2O2/c1-8-11-6-9(7-12-8)4-3-5-10(13)14-2/h6-7H,5H2,1-2H3. The van der Waals surface area contributed by atoms with Crippen molar-refractivity contribution < 1.29 is 9.53 Å². The predicted molar refractivity (Wildman–Crippen MR) is 50.3 cm³/mol. The molecule has 1 heterocycles. The highest BCUT2D eigenvalue weighted by atomic mass is 16.5. The van der Waals surface area contributed by atoms with Gasteiger partial charge in [-0.05, 0) is 6.92 Å². The maximum absolute atomic E-state index is 10.7. The third kappa shape index (κ3) is 3.23. The minimum absolute atomic E-state index is 0.0877. The number of hydrogen-bond acceptors (Lipinski definition) is 4. The summed E-state index contributed by atoms with van der Waals surface area (Å²) in [6.07, 6.45) is 3.32. The van der Waals surface area contributed by atoms with Gasteiger partial charge in [0.2, 0.25) is 0 Å². The van der Waals surface area contributed by atoms with Crippen LogP contribution >= 0.6 is 0 Å². The zero-order chi connectivity index (χ0) is 10.4. The van der Waals surface area contributed by atoms with Gasteiger partial charge in [0.25, 0.3) is 0 Å². The highest BCUT2D eigenvalue weighted by Gasteiger charge is 1.93. The van der Waals surface area contributed by atoms with E-state index in [1.54, 1.807) is 19.3 Å². The summed E-state index contributed by atoms with van der Waals surface area (Å²) in [5, 5.41) is 0. The number of aryl methyl sites for hydroxylation is 1. The molecule has 0 radical (unpaired) electrons. The third-order valence-corrected chi connectivity index (χ3v) is 1.47. The first-order valence-corrected chi connectivity index (χ1v) is 4.06. The molecule has 14 heavy (non-hydrogen) atoms. The van der Waals surface area contributed by atoms with Gasteiger partial charge < -0.3 is 4.74 Å². The molecule has 0 N–H and O–H groups in total. The molecule has 0 aromatic carbocycles. The van der Waals surface area contributed by atoms with Crippen molar-refractivity contribution in [2.75, 3.05) is 7.11 Å². The van der Waals surface area contributed by atoms with E-state index in [0.717, 1.165) is 0 Å². The number of carbonyl (C=O) groups excluding carboxylic acids is 1. The number of carbonyl (C=O) groups is 1. The number of ether oxygens (including phenoxy) is 1. The fourth-order valence-corrected chi connectivity index (χ4v) is 0.748. The maximum Gasteiger partial charge on any atom is 0.317 e. The molecule has 0 spiro atoms. The Labute approximate surface area is 82.3 Å². The first kappa shape index (κ1) is 10.2. The lowest BCUT2D eigenvalue weighted by Gasteiger charge is -1.91. The van der Waals surface area contributed by atoms with Gasteiger partial charge in [0, 0.05) is 12.4 Å². The highest BCUT2D eigenvalue weighted by Crippen LogP contribution is 1.92. The number of nitrogens with zero attached hydrogens (tertiary/aromatic N) is 2. The molecule has 4 heteroatoms. The molecule has 0 unspecified atom stereocenters. The zero-order valence-corrected chi connectivity index (χ0v) is 8.07. The van der Waals surface area contributed by atoms with E-state index in [1.807, 2.05) is 0 Å². The Morgan fingerprint density at radius 1 is 1.50 bits per heavy atom. The SMILES string of the molecule is COC(=O)CC#Cc1cnc(C)nc1. The average molecular weight is 190 g/mol. The van der Waals surface area contributed by atoms with Crippen LogP contribution in [0.3, 0.4) is 0 Å². The van der Waals surface area contributed by atoms with Crippen molar-refractivity contribution in [2.24, 2.45) is 0 Å². The van der Waals surface area contributed by atoms with Gasteiger partial charge in [0.15, 0.2) is 0 Å². The van der Waals surface area contributed by atoms with Crippen LogP contribution in [0.15, 0.2) is 12.4 Å². The van der Waals surface area contributed by atoms with E-state index in [4.69, 9.17) is 0 Å². The van der Waals surface area contributed by atoms with Crippen molar-refractivity contribution in [2.45, 2.75) is 13.3 Å². The van der Waals surface area contributed by atoms with E-state index >= 15 is 0 Å². The van der Waals surface area contributed by atoms with Gasteiger partial charge in [-0.1, -0.05) is 11.8 Å². The normalized spacial score (nSPS) is 8.71. The van der Waals surface area contributed by atoms with Crippen molar-refractivity contribution in [1.82, 2.24) is 9.97 Å². The third-order valence-electron chi connectivity index (χ3n) is 1.47. The van der Waals surface area contributed by atoms with Crippen molar-refractivity contribution in [1.29, 1.82) is 0 Å². The number of methoxy groups -OCH3 is 1. The Balaban J connectivity index is 2.59. The van der Waals surface area contributed by atoms with Crippen LogP contribution in [0.5, 0.6) is 0 Å². The van der Waals surface area contributed by atoms with Crippen molar-refractivity contribution >= 4 is 5.97 Å². The van der Waals surface area contributed by atoms with Crippen LogP contribution in [-0.4, -0.2) is 23.0 Å². The fraction of sp³-hybridized carbons (Fsp3) is 0.300. The van der Waals surface area contributed by atoms with Crippen LogP contribution in [0.2, 0.25) is 0 Å². The lowest BCUT2D eigenvalue weighted by atomic mass is 10.3. The quantitative estimate of drug-likeness (QED) is 0.483. The molecule has 0 saturated heterocycles. The second-order valence-electron chi connectivity index (χ2n) is 2.57. The molecular formula is C10H10N2O2. The van der Waals surface area contributed by atoms with Gasteiger partial charge >= 0.3 is 5.97 Å². The summed E-state index contributed by atoms with van der Waals surface area (Å²) in [5.74, 6) is 5.78. The van der Waals surface area contributed by atoms with Crippen molar-refractivity contribution in [3.63, 3.8) is 0 Å². The van der Waals surface area contributed by atoms with Crippen LogP contribution in [0, 0.1) is 18.8 Å². The summed E-state index contributed by atoms with van der Waals surface area (Å²) in [6, 6.07) is 0. The van der Waals surface area contributed by atoms with Crippen LogP contribution in [-0.2, 0) is 9.53 Å². The Kier molecular flexibility index (Phi) is 3.62. The van der Waals surface area contributed by atoms with E-state index in [0.29, 0.717) is 11.4 Å². The Morgan fingerprint density at radius 2 is 2.14 bits per heavy atom. The van der Waals surface area contributed by atoms with Gasteiger partial charge in [0.05, 0.1) is 12.7 Å². The Bertz CT molecular complexity index is 373. The second kappa shape index (κ2) is 4.97. The molecule has 0 fully saturated rings. The number of hydrogen-bond donors (Lipinski definition) is 0. The minimum Gasteiger partial charge on any atom is -0.468 e. The average Bonchev–Trinajstić information content (AvgIpc) is 2.21. The van der Waals surface area contributed by atoms with Crippen LogP contribution in [0.1, 0.15) is 17.8 Å². The molecule has 0 aliphatic heterocycles. The second-order valence-corrected chi connectivity index (χ2v) is 2.57. The molecule has 0 aliphatic rings. The molecule has 72 valence electrons. The molecule has 0 aliphatic carbocycles. The lowest BCUT2D eigenvalue weighted by molar-refractivity contribution is -0.139. The van der Waals surface area contributed by atoms with Crippen LogP contribution < -0.4 is 0 Å². The van der Waals surface area contributed by atoms with Crippen LogP contribution in [0.25, 0.3) is 0 Å². The van der Waals surface area contributed by atoms with Gasteiger partial charge in [-0.2, -0.15) is 0 Å². The van der Waals surface area contributed by atoms with E-state index in [1.165, 1.54) is 7.11 Å². The fourth-order valence-electron chi connectivity index (χ4n) is 0.748. The van der Waals surface area contributed by atoms with Crippen molar-refractivity contribution in [3.05, 3.63) is 23.8 Å². The molecule has 0 amide bonds. The number of aromatic nitrogens is 2. The largest absolute Gasteiger partial charge is 0.468 e. The minimum atomic E-state index is -0.342. The molecule has 0 bridgehead atoms. The van der Waals surface area contributed by atoms with E-state index in [-0.39, 0.29) is 12.4 Å². The summed E-state index contributed by atoms with van der Waals surface area (Å²) in [6.45, 7) is 1.80. The molecule has 1 aromatic heterocycles. The topological polar surface area (TPSA) is 52.1 Å². The smallest absolute Gasteiger partial charge is 0.317 e. The molecule has 0 saturated carbocycles. The summed E-state index contributed by atoms with van der Waals surface area (Å²) in [5.41, 5.74) is 0.694. The summed E-state index contributed by atoms with van der Waals surface area (Å²) in [7, 11) is 1.33. The molecule has 0 atom stereocenters. The summed E-state index contributed by atoms with van der Waals surface area (Å²) >= 11 is 0.